The summed E-state index contributed by atoms with van der Waals surface area (Å²) in [6.45, 7) is 2.79. The first kappa shape index (κ1) is 13.3. The molecule has 1 aliphatic carbocycles. The van der Waals surface area contributed by atoms with Gasteiger partial charge in [-0.1, -0.05) is 17.7 Å². The molecule has 0 amide bonds. The fraction of sp³-hybridized carbons (Fsp3) is 0.538. The van der Waals surface area contributed by atoms with Crippen LogP contribution in [-0.4, -0.2) is 26.8 Å². The zero-order chi connectivity index (χ0) is 12.3. The second kappa shape index (κ2) is 6.19. The van der Waals surface area contributed by atoms with Crippen LogP contribution in [0, 0.1) is 5.92 Å². The zero-order valence-electron chi connectivity index (χ0n) is 9.88. The number of rotatable bonds is 6. The smallest absolute Gasteiger partial charge is 0.0587 e. The second-order valence-corrected chi connectivity index (χ2v) is 5.73. The van der Waals surface area contributed by atoms with Crippen molar-refractivity contribution in [2.45, 2.75) is 12.3 Å². The van der Waals surface area contributed by atoms with Gasteiger partial charge in [0.25, 0.3) is 0 Å². The van der Waals surface area contributed by atoms with Crippen LogP contribution in [0.4, 0.5) is 0 Å². The molecule has 17 heavy (non-hydrogen) atoms. The minimum atomic E-state index is 0.693. The van der Waals surface area contributed by atoms with E-state index in [0.29, 0.717) is 5.92 Å². The van der Waals surface area contributed by atoms with Crippen LogP contribution in [0.1, 0.15) is 17.9 Å². The van der Waals surface area contributed by atoms with Crippen molar-refractivity contribution < 1.29 is 4.74 Å². The van der Waals surface area contributed by atoms with Crippen molar-refractivity contribution in [1.29, 1.82) is 0 Å². The molecule has 0 heterocycles. The minimum absolute atomic E-state index is 0.693. The highest BCUT2D eigenvalue weighted by Crippen LogP contribution is 2.47. The van der Waals surface area contributed by atoms with Gasteiger partial charge in [-0.25, -0.2) is 0 Å². The predicted molar refractivity (Wildman–Crippen MR) is 74.7 cm³/mol. The van der Waals surface area contributed by atoms with Crippen LogP contribution >= 0.6 is 27.5 Å². The van der Waals surface area contributed by atoms with Crippen molar-refractivity contribution in [1.82, 2.24) is 5.32 Å². The molecule has 0 aliphatic heterocycles. The van der Waals surface area contributed by atoms with Crippen molar-refractivity contribution in [3.8, 4) is 0 Å². The highest BCUT2D eigenvalue weighted by atomic mass is 79.9. The molecule has 2 atom stereocenters. The third-order valence-corrected chi connectivity index (χ3v) is 4.40. The lowest BCUT2D eigenvalue weighted by molar-refractivity contribution is 0.199. The molecule has 1 aliphatic rings. The van der Waals surface area contributed by atoms with Crippen molar-refractivity contribution in [3.05, 3.63) is 33.3 Å². The number of benzene rings is 1. The molecule has 1 aromatic carbocycles. The quantitative estimate of drug-likeness (QED) is 0.811. The molecule has 1 saturated carbocycles. The van der Waals surface area contributed by atoms with E-state index in [9.17, 15) is 0 Å². The van der Waals surface area contributed by atoms with Crippen molar-refractivity contribution in [2.75, 3.05) is 26.8 Å². The number of ether oxygens (including phenoxy) is 1. The summed E-state index contributed by atoms with van der Waals surface area (Å²) in [5.74, 6) is 1.46. The van der Waals surface area contributed by atoms with Crippen LogP contribution in [-0.2, 0) is 4.74 Å². The van der Waals surface area contributed by atoms with Crippen LogP contribution in [0.5, 0.6) is 0 Å². The van der Waals surface area contributed by atoms with Gasteiger partial charge in [0.15, 0.2) is 0 Å². The van der Waals surface area contributed by atoms with Gasteiger partial charge in [-0.05, 0) is 58.4 Å². The monoisotopic (exact) mass is 317 g/mol. The predicted octanol–water partition coefficient (Wildman–Crippen LogP) is 3.44. The van der Waals surface area contributed by atoms with Crippen LogP contribution in [0.2, 0.25) is 5.02 Å². The Morgan fingerprint density at radius 3 is 3.06 bits per heavy atom. The Balaban J connectivity index is 1.79. The molecule has 4 heteroatoms. The Hall–Kier alpha value is -0.0900. The van der Waals surface area contributed by atoms with Crippen LogP contribution in [0.15, 0.2) is 22.7 Å². The molecular weight excluding hydrogens is 302 g/mol. The summed E-state index contributed by atoms with van der Waals surface area (Å²) in [6, 6.07) is 6.24. The average Bonchev–Trinajstić information content (AvgIpc) is 3.08. The lowest BCUT2D eigenvalue weighted by Crippen LogP contribution is -2.21. The van der Waals surface area contributed by atoms with E-state index in [4.69, 9.17) is 16.3 Å². The molecular formula is C13H17BrClNO. The van der Waals surface area contributed by atoms with E-state index in [-0.39, 0.29) is 0 Å². The van der Waals surface area contributed by atoms with Gasteiger partial charge in [-0.15, -0.1) is 0 Å². The van der Waals surface area contributed by atoms with Crippen molar-refractivity contribution in [3.63, 3.8) is 0 Å². The van der Waals surface area contributed by atoms with E-state index < -0.39 is 0 Å². The Morgan fingerprint density at radius 2 is 2.35 bits per heavy atom. The highest BCUT2D eigenvalue weighted by molar-refractivity contribution is 9.10. The number of nitrogens with one attached hydrogen (secondary N) is 1. The first-order valence-corrected chi connectivity index (χ1v) is 7.04. The maximum absolute atomic E-state index is 5.99. The summed E-state index contributed by atoms with van der Waals surface area (Å²) < 4.78 is 6.00. The van der Waals surface area contributed by atoms with Crippen molar-refractivity contribution in [2.24, 2.45) is 5.92 Å². The maximum Gasteiger partial charge on any atom is 0.0587 e. The highest BCUT2D eigenvalue weighted by Gasteiger charge is 2.37. The summed E-state index contributed by atoms with van der Waals surface area (Å²) in [5, 5.41) is 4.19. The van der Waals surface area contributed by atoms with Crippen LogP contribution in [0.25, 0.3) is 0 Å². The number of methoxy groups -OCH3 is 1. The molecule has 2 rings (SSSR count). The normalized spacial score (nSPS) is 22.8. The molecule has 0 bridgehead atoms. The largest absolute Gasteiger partial charge is 0.383 e. The molecule has 2 unspecified atom stereocenters. The fourth-order valence-electron chi connectivity index (χ4n) is 2.09. The molecule has 2 nitrogen and oxygen atoms in total. The SMILES string of the molecule is COCCNCC1CC1c1ccc(Cl)c(Br)c1. The van der Waals surface area contributed by atoms with Gasteiger partial charge in [-0.2, -0.15) is 0 Å². The fourth-order valence-corrected chi connectivity index (χ4v) is 2.60. The Bertz CT molecular complexity index is 386. The summed E-state index contributed by atoms with van der Waals surface area (Å²) in [6.07, 6.45) is 1.27. The van der Waals surface area contributed by atoms with Crippen LogP contribution < -0.4 is 5.32 Å². The van der Waals surface area contributed by atoms with Gasteiger partial charge in [0.2, 0.25) is 0 Å². The van der Waals surface area contributed by atoms with Gasteiger partial charge in [-0.3, -0.25) is 0 Å². The second-order valence-electron chi connectivity index (χ2n) is 4.47. The van der Waals surface area contributed by atoms with Crippen LogP contribution in [0.3, 0.4) is 0 Å². The molecule has 94 valence electrons. The van der Waals surface area contributed by atoms with Gasteiger partial charge in [0, 0.05) is 18.1 Å². The number of hydrogen-bond acceptors (Lipinski definition) is 2. The summed E-state index contributed by atoms with van der Waals surface area (Å²) in [5.41, 5.74) is 1.39. The molecule has 0 radical (unpaired) electrons. The van der Waals surface area contributed by atoms with E-state index in [1.165, 1.54) is 12.0 Å². The molecule has 1 N–H and O–H groups in total. The molecule has 1 fully saturated rings. The Kier molecular flexibility index (Phi) is 4.86. The number of hydrogen-bond donors (Lipinski definition) is 1. The topological polar surface area (TPSA) is 21.3 Å². The lowest BCUT2D eigenvalue weighted by atomic mass is 10.1. The van der Waals surface area contributed by atoms with Gasteiger partial charge in [0.05, 0.1) is 11.6 Å². The van der Waals surface area contributed by atoms with E-state index in [1.807, 2.05) is 6.07 Å². The third-order valence-electron chi connectivity index (χ3n) is 3.18. The van der Waals surface area contributed by atoms with Crippen molar-refractivity contribution >= 4 is 27.5 Å². The lowest BCUT2D eigenvalue weighted by Gasteiger charge is -2.04. The van der Waals surface area contributed by atoms with Gasteiger partial charge < -0.3 is 10.1 Å². The maximum atomic E-state index is 5.99. The van der Waals surface area contributed by atoms with Gasteiger partial charge >= 0.3 is 0 Å². The van der Waals surface area contributed by atoms with E-state index in [0.717, 1.165) is 35.1 Å². The standard InChI is InChI=1S/C13H17BrClNO/c1-17-5-4-16-8-10-6-11(10)9-2-3-13(15)12(14)7-9/h2-3,7,10-11,16H,4-6,8H2,1H3. The molecule has 0 spiro atoms. The molecule has 0 aromatic heterocycles. The van der Waals surface area contributed by atoms with Gasteiger partial charge in [0.1, 0.15) is 0 Å². The first-order valence-electron chi connectivity index (χ1n) is 5.87. The number of halogens is 2. The summed E-state index contributed by atoms with van der Waals surface area (Å²) >= 11 is 9.46. The van der Waals surface area contributed by atoms with E-state index >= 15 is 0 Å². The molecule has 1 aromatic rings. The Labute approximate surface area is 116 Å². The average molecular weight is 319 g/mol. The summed E-state index contributed by atoms with van der Waals surface area (Å²) in [4.78, 5) is 0. The third kappa shape index (κ3) is 3.68. The minimum Gasteiger partial charge on any atom is -0.383 e. The van der Waals surface area contributed by atoms with E-state index in [2.05, 4.69) is 33.4 Å². The van der Waals surface area contributed by atoms with E-state index in [1.54, 1.807) is 7.11 Å². The summed E-state index contributed by atoms with van der Waals surface area (Å²) in [7, 11) is 1.73. The molecule has 0 saturated heterocycles. The first-order chi connectivity index (χ1) is 8.22. The Morgan fingerprint density at radius 1 is 1.53 bits per heavy atom. The zero-order valence-corrected chi connectivity index (χ0v) is 12.2.